The molecule has 0 unspecified atom stereocenters. The van der Waals surface area contributed by atoms with Crippen LogP contribution in [0.25, 0.3) is 44.6 Å². The first-order valence-corrected chi connectivity index (χ1v) is 10.2. The van der Waals surface area contributed by atoms with Crippen molar-refractivity contribution in [1.29, 1.82) is 0 Å². The zero-order valence-corrected chi connectivity index (χ0v) is 17.3. The van der Waals surface area contributed by atoms with Crippen LogP contribution in [0.15, 0.2) is 82.3 Å². The van der Waals surface area contributed by atoms with Gasteiger partial charge in [0, 0.05) is 5.56 Å². The number of furan rings is 1. The van der Waals surface area contributed by atoms with Crippen molar-refractivity contribution in [2.75, 3.05) is 6.61 Å². The number of hydrogen-bond acceptors (Lipinski definition) is 6. The summed E-state index contributed by atoms with van der Waals surface area (Å²) in [6.45, 7) is 1.71. The van der Waals surface area contributed by atoms with Gasteiger partial charge in [-0.1, -0.05) is 60.7 Å². The normalized spacial score (nSPS) is 11.2. The molecule has 0 aliphatic rings. The van der Waals surface area contributed by atoms with E-state index in [0.29, 0.717) is 16.6 Å². The fraction of sp³-hybridized carbons (Fsp3) is 0.120. The molecule has 0 radical (unpaired) electrons. The third-order valence-corrected chi connectivity index (χ3v) is 5.18. The van der Waals surface area contributed by atoms with E-state index < -0.39 is 11.5 Å². The number of rotatable bonds is 5. The van der Waals surface area contributed by atoms with Crippen molar-refractivity contribution in [2.24, 2.45) is 0 Å². The van der Waals surface area contributed by atoms with Crippen molar-refractivity contribution in [3.63, 3.8) is 0 Å². The molecule has 158 valence electrons. The van der Waals surface area contributed by atoms with Gasteiger partial charge in [-0.15, -0.1) is 0 Å². The molecule has 0 saturated carbocycles. The number of aromatic nitrogens is 3. The second-order valence-electron chi connectivity index (χ2n) is 7.23. The third kappa shape index (κ3) is 3.43. The van der Waals surface area contributed by atoms with Crippen LogP contribution in [0.2, 0.25) is 0 Å². The Kier molecular flexibility index (Phi) is 4.99. The summed E-state index contributed by atoms with van der Waals surface area (Å²) in [6, 6.07) is 21.6. The first-order chi connectivity index (χ1) is 15.7. The molecule has 0 fully saturated rings. The lowest BCUT2D eigenvalue weighted by molar-refractivity contribution is -0.143. The summed E-state index contributed by atoms with van der Waals surface area (Å²) >= 11 is 0. The molecule has 0 aliphatic carbocycles. The summed E-state index contributed by atoms with van der Waals surface area (Å²) in [5.41, 5.74) is 3.81. The average molecular weight is 425 g/mol. The molecular formula is C25H19N3O4. The Morgan fingerprint density at radius 2 is 1.72 bits per heavy atom. The largest absolute Gasteiger partial charge is 0.465 e. The van der Waals surface area contributed by atoms with Crippen molar-refractivity contribution in [1.82, 2.24) is 14.5 Å². The Hall–Kier alpha value is -4.26. The van der Waals surface area contributed by atoms with Gasteiger partial charge in [0.25, 0.3) is 5.56 Å². The average Bonchev–Trinajstić information content (AvgIpc) is 3.21. The first-order valence-electron chi connectivity index (χ1n) is 10.2. The number of carbonyl (C=O) groups excluding carboxylic acids is 1. The van der Waals surface area contributed by atoms with Crippen molar-refractivity contribution < 1.29 is 13.9 Å². The summed E-state index contributed by atoms with van der Waals surface area (Å²) in [7, 11) is 0. The fourth-order valence-electron chi connectivity index (χ4n) is 3.72. The molecule has 0 spiro atoms. The van der Waals surface area contributed by atoms with Crippen LogP contribution in [0.5, 0.6) is 0 Å². The van der Waals surface area contributed by atoms with Crippen LogP contribution in [0.3, 0.4) is 0 Å². The highest BCUT2D eigenvalue weighted by Crippen LogP contribution is 2.36. The maximum Gasteiger partial charge on any atom is 0.326 e. The topological polar surface area (TPSA) is 87.2 Å². The van der Waals surface area contributed by atoms with E-state index in [1.807, 2.05) is 66.7 Å². The highest BCUT2D eigenvalue weighted by atomic mass is 16.5. The summed E-state index contributed by atoms with van der Waals surface area (Å²) in [6.07, 6.45) is 1.34. The van der Waals surface area contributed by atoms with Gasteiger partial charge in [-0.05, 0) is 24.1 Å². The number of esters is 1. The summed E-state index contributed by atoms with van der Waals surface area (Å²) < 4.78 is 12.1. The van der Waals surface area contributed by atoms with E-state index in [9.17, 15) is 9.59 Å². The standard InChI is InChI=1S/C25H19N3O4/c1-2-31-20(29)14-28-15-26-22-21-18(16-9-5-3-6-10-16)13-19(17-11-7-4-8-12-17)27-24(21)32-23(22)25(28)30/h3-13,15H,2,14H2,1H3. The molecule has 3 aromatic heterocycles. The fourth-order valence-corrected chi connectivity index (χ4v) is 3.72. The van der Waals surface area contributed by atoms with Gasteiger partial charge in [0.2, 0.25) is 11.3 Å². The Balaban J connectivity index is 1.77. The molecule has 0 amide bonds. The number of ether oxygens (including phenoxy) is 1. The van der Waals surface area contributed by atoms with Gasteiger partial charge in [0.1, 0.15) is 12.1 Å². The van der Waals surface area contributed by atoms with E-state index in [0.717, 1.165) is 22.4 Å². The molecule has 5 rings (SSSR count). The predicted octanol–water partition coefficient (Wildman–Crippen LogP) is 4.43. The van der Waals surface area contributed by atoms with Crippen molar-refractivity contribution in [3.05, 3.63) is 83.4 Å². The van der Waals surface area contributed by atoms with Crippen LogP contribution >= 0.6 is 0 Å². The highest BCUT2D eigenvalue weighted by molar-refractivity contribution is 6.09. The second kappa shape index (κ2) is 8.11. The molecule has 0 aliphatic heterocycles. The zero-order chi connectivity index (χ0) is 22.1. The van der Waals surface area contributed by atoms with Gasteiger partial charge < -0.3 is 9.15 Å². The lowest BCUT2D eigenvalue weighted by Gasteiger charge is -2.07. The van der Waals surface area contributed by atoms with E-state index in [1.165, 1.54) is 10.9 Å². The molecule has 7 heteroatoms. The van der Waals surface area contributed by atoms with Gasteiger partial charge in [0.05, 0.1) is 24.0 Å². The Bertz CT molecular complexity index is 1490. The molecule has 3 heterocycles. The van der Waals surface area contributed by atoms with Gasteiger partial charge in [-0.25, -0.2) is 9.97 Å². The molecular weight excluding hydrogens is 406 g/mol. The van der Waals surface area contributed by atoms with Crippen LogP contribution in [0.4, 0.5) is 0 Å². The van der Waals surface area contributed by atoms with Gasteiger partial charge in [-0.2, -0.15) is 0 Å². The van der Waals surface area contributed by atoms with E-state index in [4.69, 9.17) is 9.15 Å². The predicted molar refractivity (Wildman–Crippen MR) is 121 cm³/mol. The van der Waals surface area contributed by atoms with Crippen molar-refractivity contribution >= 4 is 28.2 Å². The smallest absolute Gasteiger partial charge is 0.326 e. The number of nitrogens with zero attached hydrogens (tertiary/aromatic N) is 3. The Morgan fingerprint density at radius 1 is 1.03 bits per heavy atom. The number of carbonyl (C=O) groups is 1. The third-order valence-electron chi connectivity index (χ3n) is 5.18. The number of pyridine rings is 1. The molecule has 0 N–H and O–H groups in total. The maximum absolute atomic E-state index is 13.0. The number of benzene rings is 2. The molecule has 0 bridgehead atoms. The highest BCUT2D eigenvalue weighted by Gasteiger charge is 2.20. The van der Waals surface area contributed by atoms with E-state index >= 15 is 0 Å². The Morgan fingerprint density at radius 3 is 2.41 bits per heavy atom. The molecule has 0 atom stereocenters. The van der Waals surface area contributed by atoms with Gasteiger partial charge >= 0.3 is 5.97 Å². The molecule has 0 saturated heterocycles. The number of fused-ring (bicyclic) bond motifs is 3. The SMILES string of the molecule is CCOC(=O)Cn1cnc2c(oc3nc(-c4ccccc4)cc(-c4ccccc4)c32)c1=O. The minimum absolute atomic E-state index is 0.0571. The first kappa shape index (κ1) is 19.7. The van der Waals surface area contributed by atoms with Crippen LogP contribution in [-0.4, -0.2) is 27.1 Å². The Labute approximate surface area is 182 Å². The molecule has 32 heavy (non-hydrogen) atoms. The minimum atomic E-state index is -0.513. The van der Waals surface area contributed by atoms with Crippen LogP contribution in [0.1, 0.15) is 6.92 Å². The second-order valence-corrected chi connectivity index (χ2v) is 7.23. The van der Waals surface area contributed by atoms with Crippen molar-refractivity contribution in [2.45, 2.75) is 13.5 Å². The number of hydrogen-bond donors (Lipinski definition) is 0. The maximum atomic E-state index is 13.0. The summed E-state index contributed by atoms with van der Waals surface area (Å²) in [5.74, 6) is -0.513. The zero-order valence-electron chi connectivity index (χ0n) is 17.3. The van der Waals surface area contributed by atoms with Gasteiger partial charge in [-0.3, -0.25) is 14.2 Å². The lowest BCUT2D eigenvalue weighted by atomic mass is 10.00. The minimum Gasteiger partial charge on any atom is -0.465 e. The summed E-state index contributed by atoms with van der Waals surface area (Å²) in [4.78, 5) is 34.0. The van der Waals surface area contributed by atoms with Crippen LogP contribution in [-0.2, 0) is 16.1 Å². The summed E-state index contributed by atoms with van der Waals surface area (Å²) in [5, 5.41) is 0.659. The monoisotopic (exact) mass is 425 g/mol. The van der Waals surface area contributed by atoms with Crippen LogP contribution in [0, 0.1) is 0 Å². The quantitative estimate of drug-likeness (QED) is 0.387. The van der Waals surface area contributed by atoms with Crippen molar-refractivity contribution in [3.8, 4) is 22.4 Å². The van der Waals surface area contributed by atoms with E-state index in [1.54, 1.807) is 6.92 Å². The molecule has 5 aromatic rings. The van der Waals surface area contributed by atoms with Gasteiger partial charge in [0.15, 0.2) is 0 Å². The molecule has 7 nitrogen and oxygen atoms in total. The molecule has 2 aromatic carbocycles. The lowest BCUT2D eigenvalue weighted by Crippen LogP contribution is -2.25. The van der Waals surface area contributed by atoms with Crippen LogP contribution < -0.4 is 5.56 Å². The van der Waals surface area contributed by atoms with E-state index in [-0.39, 0.29) is 18.7 Å². The van der Waals surface area contributed by atoms with E-state index in [2.05, 4.69) is 9.97 Å².